The summed E-state index contributed by atoms with van der Waals surface area (Å²) in [7, 11) is 1.31. The number of esters is 1. The van der Waals surface area contributed by atoms with Gasteiger partial charge in [-0.3, -0.25) is 14.4 Å². The van der Waals surface area contributed by atoms with Crippen molar-refractivity contribution in [3.05, 3.63) is 114 Å². The van der Waals surface area contributed by atoms with E-state index in [0.29, 0.717) is 6.61 Å². The van der Waals surface area contributed by atoms with Gasteiger partial charge < -0.3 is 19.4 Å². The van der Waals surface area contributed by atoms with Gasteiger partial charge in [0.2, 0.25) is 5.91 Å². The van der Waals surface area contributed by atoms with E-state index in [1.54, 1.807) is 30.5 Å². The lowest BCUT2D eigenvalue weighted by Gasteiger charge is -2.24. The Morgan fingerprint density at radius 2 is 1.84 bits per heavy atom. The molecule has 0 saturated heterocycles. The van der Waals surface area contributed by atoms with Crippen molar-refractivity contribution >= 4 is 11.9 Å². The van der Waals surface area contributed by atoms with E-state index in [-0.39, 0.29) is 18.4 Å². The molecule has 0 aliphatic heterocycles. The summed E-state index contributed by atoms with van der Waals surface area (Å²) < 4.78 is 12.3. The first kappa shape index (κ1) is 28.2. The molecule has 2 atom stereocenters. The maximum atomic E-state index is 13.5. The Morgan fingerprint density at radius 1 is 1.05 bits per heavy atom. The van der Waals surface area contributed by atoms with E-state index in [1.807, 2.05) is 49.4 Å². The number of nitrogens with zero attached hydrogens (tertiary/aromatic N) is 1. The molecule has 0 saturated carbocycles. The van der Waals surface area contributed by atoms with Crippen molar-refractivity contribution in [1.82, 2.24) is 9.88 Å². The van der Waals surface area contributed by atoms with E-state index in [0.717, 1.165) is 34.4 Å². The van der Waals surface area contributed by atoms with Crippen LogP contribution in [-0.2, 0) is 14.3 Å². The van der Waals surface area contributed by atoms with Gasteiger partial charge in [-0.05, 0) is 54.7 Å². The predicted octanol–water partition coefficient (Wildman–Crippen LogP) is 5.32. The number of carbonyl (C=O) groups is 2. The number of pyridine rings is 1. The Balaban J connectivity index is 1.99. The zero-order chi connectivity index (χ0) is 27.5. The first-order valence-electron chi connectivity index (χ1n) is 12.5. The van der Waals surface area contributed by atoms with Crippen LogP contribution in [0.2, 0.25) is 0 Å². The molecule has 0 aliphatic rings. The summed E-state index contributed by atoms with van der Waals surface area (Å²) in [6.45, 7) is 10.00. The maximum absolute atomic E-state index is 13.5. The number of allylic oxidation sites excluding steroid dienone is 1. The summed E-state index contributed by atoms with van der Waals surface area (Å²) in [4.78, 5) is 38.2. The number of benzene rings is 2. The Hall–Kier alpha value is -4.39. The fourth-order valence-electron chi connectivity index (χ4n) is 4.27. The Bertz CT molecular complexity index is 1340. The molecule has 198 valence electrons. The number of methoxy groups -OCH3 is 1. The van der Waals surface area contributed by atoms with Gasteiger partial charge in [-0.25, -0.2) is 0 Å². The molecule has 0 radical (unpaired) electrons. The van der Waals surface area contributed by atoms with Crippen LogP contribution in [-0.4, -0.2) is 30.2 Å². The zero-order valence-corrected chi connectivity index (χ0v) is 21.9. The lowest BCUT2D eigenvalue weighted by Crippen LogP contribution is -2.39. The zero-order valence-electron chi connectivity index (χ0n) is 21.9. The van der Waals surface area contributed by atoms with E-state index < -0.39 is 24.0 Å². The molecule has 3 aromatic rings. The molecule has 0 unspecified atom stereocenters. The molecule has 1 heterocycles. The molecule has 0 bridgehead atoms. The number of hydrogen-bond acceptors (Lipinski definition) is 5. The summed E-state index contributed by atoms with van der Waals surface area (Å²) in [6, 6.07) is 16.7. The van der Waals surface area contributed by atoms with Gasteiger partial charge in [0.05, 0.1) is 26.2 Å². The number of aromatic nitrogens is 1. The standard InChI is InChI=1S/C31H34N2O5/c1-5-7-19-38-27-16-10-13-22(3)30(27)24-15-11-14-23(20-24)25(21-29(35)37-4)32-31(36)26(12-6-2)33-18-9-8-17-28(33)34/h5-6,8-11,13-18,20,25-26H,1-2,7,12,19,21H2,3-4H3,(H,32,36)/t25-,26-/m0/s1. The quantitative estimate of drug-likeness (QED) is 0.190. The Kier molecular flexibility index (Phi) is 10.2. The van der Waals surface area contributed by atoms with Crippen LogP contribution < -0.4 is 15.6 Å². The molecular weight excluding hydrogens is 480 g/mol. The highest BCUT2D eigenvalue weighted by Gasteiger charge is 2.26. The van der Waals surface area contributed by atoms with E-state index in [2.05, 4.69) is 18.5 Å². The molecule has 0 fully saturated rings. The van der Waals surface area contributed by atoms with Crippen molar-refractivity contribution in [2.45, 2.75) is 38.3 Å². The molecule has 3 rings (SSSR count). The van der Waals surface area contributed by atoms with Gasteiger partial charge in [-0.2, -0.15) is 0 Å². The van der Waals surface area contributed by atoms with Crippen molar-refractivity contribution < 1.29 is 19.1 Å². The Morgan fingerprint density at radius 3 is 2.55 bits per heavy atom. The monoisotopic (exact) mass is 514 g/mol. The predicted molar refractivity (Wildman–Crippen MR) is 149 cm³/mol. The van der Waals surface area contributed by atoms with Crippen molar-refractivity contribution in [2.75, 3.05) is 13.7 Å². The minimum atomic E-state index is -0.814. The first-order chi connectivity index (χ1) is 18.4. The number of hydrogen-bond donors (Lipinski definition) is 1. The van der Waals surface area contributed by atoms with Gasteiger partial charge in [-0.15, -0.1) is 13.2 Å². The Labute approximate surface area is 223 Å². The van der Waals surface area contributed by atoms with E-state index in [9.17, 15) is 14.4 Å². The number of aryl methyl sites for hydroxylation is 1. The molecule has 0 spiro atoms. The first-order valence-corrected chi connectivity index (χ1v) is 12.5. The van der Waals surface area contributed by atoms with Crippen LogP contribution in [0.5, 0.6) is 5.75 Å². The van der Waals surface area contributed by atoms with Crippen molar-refractivity contribution in [2.24, 2.45) is 0 Å². The molecule has 38 heavy (non-hydrogen) atoms. The highest BCUT2D eigenvalue weighted by atomic mass is 16.5. The van der Waals surface area contributed by atoms with Gasteiger partial charge in [0.25, 0.3) is 5.56 Å². The van der Waals surface area contributed by atoms with Gasteiger partial charge in [-0.1, -0.05) is 48.6 Å². The number of rotatable bonds is 13. The van der Waals surface area contributed by atoms with Crippen LogP contribution in [0, 0.1) is 6.92 Å². The SMILES string of the molecule is C=CCCOc1cccc(C)c1-c1cccc([C@H](CC(=O)OC)NC(=O)[C@H](CC=C)n2ccccc2=O)c1. The van der Waals surface area contributed by atoms with E-state index >= 15 is 0 Å². The van der Waals surface area contributed by atoms with Crippen molar-refractivity contribution in [1.29, 1.82) is 0 Å². The van der Waals surface area contributed by atoms with Crippen LogP contribution in [0.15, 0.2) is 97.0 Å². The summed E-state index contributed by atoms with van der Waals surface area (Å²) in [5.41, 5.74) is 3.27. The van der Waals surface area contributed by atoms with Gasteiger partial charge >= 0.3 is 5.97 Å². The second kappa shape index (κ2) is 13.8. The lowest BCUT2D eigenvalue weighted by atomic mass is 9.94. The number of ether oxygens (including phenoxy) is 2. The topological polar surface area (TPSA) is 86.6 Å². The summed E-state index contributed by atoms with van der Waals surface area (Å²) in [5, 5.41) is 2.97. The molecule has 1 N–H and O–H groups in total. The molecular formula is C31H34N2O5. The third-order valence-electron chi connectivity index (χ3n) is 6.19. The van der Waals surface area contributed by atoms with Crippen LogP contribution >= 0.6 is 0 Å². The third kappa shape index (κ3) is 7.09. The molecule has 1 aromatic heterocycles. The highest BCUT2D eigenvalue weighted by molar-refractivity contribution is 5.82. The van der Waals surface area contributed by atoms with Crippen LogP contribution in [0.4, 0.5) is 0 Å². The largest absolute Gasteiger partial charge is 0.493 e. The van der Waals surface area contributed by atoms with Gasteiger partial charge in [0.15, 0.2) is 0 Å². The summed E-state index contributed by atoms with van der Waals surface area (Å²) in [6.07, 6.45) is 5.85. The molecule has 7 nitrogen and oxygen atoms in total. The number of carbonyl (C=O) groups excluding carboxylic acids is 2. The average molecular weight is 515 g/mol. The van der Waals surface area contributed by atoms with E-state index in [1.165, 1.54) is 17.7 Å². The van der Waals surface area contributed by atoms with Gasteiger partial charge in [0, 0.05) is 17.8 Å². The second-order valence-electron chi connectivity index (χ2n) is 8.83. The van der Waals surface area contributed by atoms with Crippen LogP contribution in [0.1, 0.15) is 42.5 Å². The van der Waals surface area contributed by atoms with Crippen LogP contribution in [0.3, 0.4) is 0 Å². The second-order valence-corrected chi connectivity index (χ2v) is 8.83. The highest BCUT2D eigenvalue weighted by Crippen LogP contribution is 2.35. The fourth-order valence-corrected chi connectivity index (χ4v) is 4.27. The van der Waals surface area contributed by atoms with Gasteiger partial charge in [0.1, 0.15) is 11.8 Å². The molecule has 2 aromatic carbocycles. The average Bonchev–Trinajstić information content (AvgIpc) is 2.92. The fraction of sp³-hybridized carbons (Fsp3) is 0.258. The normalized spacial score (nSPS) is 12.2. The third-order valence-corrected chi connectivity index (χ3v) is 6.19. The minimum Gasteiger partial charge on any atom is -0.493 e. The smallest absolute Gasteiger partial charge is 0.307 e. The van der Waals surface area contributed by atoms with Crippen molar-refractivity contribution in [3.8, 4) is 16.9 Å². The molecule has 0 aliphatic carbocycles. The lowest BCUT2D eigenvalue weighted by molar-refractivity contribution is -0.141. The molecule has 1 amide bonds. The van der Waals surface area contributed by atoms with E-state index in [4.69, 9.17) is 9.47 Å². The summed E-state index contributed by atoms with van der Waals surface area (Å²) in [5.74, 6) is -0.129. The number of amides is 1. The minimum absolute atomic E-state index is 0.0767. The summed E-state index contributed by atoms with van der Waals surface area (Å²) >= 11 is 0. The van der Waals surface area contributed by atoms with Crippen molar-refractivity contribution in [3.63, 3.8) is 0 Å². The van der Waals surface area contributed by atoms with Crippen LogP contribution in [0.25, 0.3) is 11.1 Å². The maximum Gasteiger partial charge on any atom is 0.307 e. The number of nitrogens with one attached hydrogen (secondary N) is 1. The molecule has 7 heteroatoms.